The van der Waals surface area contributed by atoms with Crippen molar-refractivity contribution in [3.63, 3.8) is 0 Å². The van der Waals surface area contributed by atoms with Crippen molar-refractivity contribution in [1.29, 1.82) is 0 Å². The van der Waals surface area contributed by atoms with Crippen LogP contribution in [0.3, 0.4) is 0 Å². The molecule has 0 unspecified atom stereocenters. The first-order valence-corrected chi connectivity index (χ1v) is 9.66. The SMILES string of the molecule is Cc1cccc(NC(=O)c2c(OCCc3ccccc3)cc(C)[n+]([O-])c2C)c1C. The number of pyridine rings is 1. The average molecular weight is 390 g/mol. The molecule has 3 aromatic rings. The van der Waals surface area contributed by atoms with Gasteiger partial charge in [-0.25, -0.2) is 0 Å². The van der Waals surface area contributed by atoms with E-state index in [0.717, 1.165) is 27.1 Å². The van der Waals surface area contributed by atoms with Crippen LogP contribution in [0.2, 0.25) is 0 Å². The van der Waals surface area contributed by atoms with Gasteiger partial charge in [-0.15, -0.1) is 0 Å². The van der Waals surface area contributed by atoms with Crippen molar-refractivity contribution in [2.24, 2.45) is 0 Å². The number of rotatable bonds is 6. The van der Waals surface area contributed by atoms with E-state index in [1.807, 2.05) is 62.4 Å². The lowest BCUT2D eigenvalue weighted by molar-refractivity contribution is -0.619. The van der Waals surface area contributed by atoms with Crippen molar-refractivity contribution >= 4 is 11.6 Å². The molecule has 1 N–H and O–H groups in total. The van der Waals surface area contributed by atoms with Crippen LogP contribution in [0, 0.1) is 32.9 Å². The molecule has 1 aromatic heterocycles. The molecule has 0 aliphatic heterocycles. The lowest BCUT2D eigenvalue weighted by Gasteiger charge is -2.16. The molecule has 3 rings (SSSR count). The number of aromatic nitrogens is 1. The summed E-state index contributed by atoms with van der Waals surface area (Å²) < 4.78 is 6.72. The molecule has 0 radical (unpaired) electrons. The van der Waals surface area contributed by atoms with Crippen LogP contribution in [0.5, 0.6) is 5.75 Å². The molecule has 0 atom stereocenters. The van der Waals surface area contributed by atoms with Crippen molar-refractivity contribution in [2.75, 3.05) is 11.9 Å². The highest BCUT2D eigenvalue weighted by molar-refractivity contribution is 6.07. The Labute approximate surface area is 171 Å². The zero-order valence-corrected chi connectivity index (χ0v) is 17.3. The van der Waals surface area contributed by atoms with Gasteiger partial charge in [0.2, 0.25) is 5.69 Å². The van der Waals surface area contributed by atoms with Crippen LogP contribution >= 0.6 is 0 Å². The highest BCUT2D eigenvalue weighted by Crippen LogP contribution is 2.25. The van der Waals surface area contributed by atoms with Gasteiger partial charge in [0.15, 0.2) is 5.69 Å². The van der Waals surface area contributed by atoms with Gasteiger partial charge in [0.1, 0.15) is 11.3 Å². The van der Waals surface area contributed by atoms with Gasteiger partial charge in [0.05, 0.1) is 6.61 Å². The van der Waals surface area contributed by atoms with E-state index in [2.05, 4.69) is 5.32 Å². The summed E-state index contributed by atoms with van der Waals surface area (Å²) in [4.78, 5) is 13.1. The number of nitrogens with zero attached hydrogens (tertiary/aromatic N) is 1. The number of amides is 1. The Morgan fingerprint density at radius 3 is 2.48 bits per heavy atom. The Hall–Kier alpha value is -3.34. The van der Waals surface area contributed by atoms with Crippen LogP contribution in [-0.2, 0) is 6.42 Å². The Balaban J connectivity index is 1.87. The zero-order valence-electron chi connectivity index (χ0n) is 17.3. The topological polar surface area (TPSA) is 65.3 Å². The molecule has 0 spiro atoms. The first-order valence-electron chi connectivity index (χ1n) is 9.66. The molecule has 1 amide bonds. The largest absolute Gasteiger partial charge is 0.618 e. The maximum atomic E-state index is 13.1. The molecule has 150 valence electrons. The van der Waals surface area contributed by atoms with Crippen LogP contribution in [0.4, 0.5) is 5.69 Å². The molecule has 0 bridgehead atoms. The Bertz CT molecular complexity index is 1030. The van der Waals surface area contributed by atoms with Crippen molar-refractivity contribution in [1.82, 2.24) is 0 Å². The van der Waals surface area contributed by atoms with Gasteiger partial charge in [0, 0.05) is 32.0 Å². The molecule has 2 aromatic carbocycles. The molecular formula is C24H26N2O3. The lowest BCUT2D eigenvalue weighted by atomic mass is 10.1. The number of ether oxygens (including phenoxy) is 1. The third-order valence-electron chi connectivity index (χ3n) is 5.14. The predicted octanol–water partition coefficient (Wildman–Crippen LogP) is 4.43. The van der Waals surface area contributed by atoms with E-state index >= 15 is 0 Å². The number of hydrogen-bond donors (Lipinski definition) is 1. The van der Waals surface area contributed by atoms with Gasteiger partial charge in [-0.2, -0.15) is 4.73 Å². The van der Waals surface area contributed by atoms with E-state index in [1.165, 1.54) is 0 Å². The zero-order chi connectivity index (χ0) is 21.0. The van der Waals surface area contributed by atoms with Gasteiger partial charge in [-0.05, 0) is 36.6 Å². The highest BCUT2D eigenvalue weighted by atomic mass is 16.5. The quantitative estimate of drug-likeness (QED) is 0.500. The second-order valence-electron chi connectivity index (χ2n) is 7.19. The van der Waals surface area contributed by atoms with Crippen LogP contribution < -0.4 is 14.8 Å². The third-order valence-corrected chi connectivity index (χ3v) is 5.14. The molecule has 0 aliphatic rings. The minimum atomic E-state index is -0.351. The fourth-order valence-corrected chi connectivity index (χ4v) is 3.25. The van der Waals surface area contributed by atoms with Crippen molar-refractivity contribution in [3.8, 4) is 5.75 Å². The van der Waals surface area contributed by atoms with Crippen LogP contribution in [0.25, 0.3) is 0 Å². The van der Waals surface area contributed by atoms with Gasteiger partial charge in [0.25, 0.3) is 5.91 Å². The Kier molecular flexibility index (Phi) is 6.17. The number of hydrogen-bond acceptors (Lipinski definition) is 3. The van der Waals surface area contributed by atoms with E-state index in [9.17, 15) is 10.0 Å². The van der Waals surface area contributed by atoms with E-state index in [-0.39, 0.29) is 11.5 Å². The molecule has 0 saturated carbocycles. The summed E-state index contributed by atoms with van der Waals surface area (Å²) in [6, 6.07) is 17.4. The Morgan fingerprint density at radius 2 is 1.76 bits per heavy atom. The molecule has 0 fully saturated rings. The molecule has 1 heterocycles. The molecule has 29 heavy (non-hydrogen) atoms. The number of nitrogens with one attached hydrogen (secondary N) is 1. The minimum Gasteiger partial charge on any atom is -0.618 e. The van der Waals surface area contributed by atoms with E-state index in [1.54, 1.807) is 19.9 Å². The summed E-state index contributed by atoms with van der Waals surface area (Å²) in [7, 11) is 0. The second-order valence-corrected chi connectivity index (χ2v) is 7.19. The number of aryl methyl sites for hydroxylation is 2. The normalized spacial score (nSPS) is 10.6. The second kappa shape index (κ2) is 8.78. The minimum absolute atomic E-state index is 0.263. The standard InChI is InChI=1S/C24H26N2O3/c1-16-9-8-12-21(18(16)3)25-24(27)23-19(4)26(28)17(2)15-22(23)29-14-13-20-10-6-5-7-11-20/h5-12,15H,13-14H2,1-4H3,(H,25,27). The third kappa shape index (κ3) is 4.57. The average Bonchev–Trinajstić information content (AvgIpc) is 2.70. The number of anilines is 1. The van der Waals surface area contributed by atoms with Crippen LogP contribution in [0.1, 0.15) is 38.4 Å². The van der Waals surface area contributed by atoms with Crippen molar-refractivity contribution in [3.05, 3.63) is 93.4 Å². The molecule has 0 aliphatic carbocycles. The monoisotopic (exact) mass is 390 g/mol. The summed E-state index contributed by atoms with van der Waals surface area (Å²) >= 11 is 0. The van der Waals surface area contributed by atoms with Gasteiger partial charge >= 0.3 is 0 Å². The number of carbonyl (C=O) groups excluding carboxylic acids is 1. The summed E-state index contributed by atoms with van der Waals surface area (Å²) in [6.07, 6.45) is 0.712. The van der Waals surface area contributed by atoms with E-state index in [0.29, 0.717) is 30.2 Å². The molecule has 0 saturated heterocycles. The fourth-order valence-electron chi connectivity index (χ4n) is 3.25. The van der Waals surface area contributed by atoms with Crippen LogP contribution in [-0.4, -0.2) is 12.5 Å². The van der Waals surface area contributed by atoms with Crippen LogP contribution in [0.15, 0.2) is 54.6 Å². The number of benzene rings is 2. The molecule has 5 heteroatoms. The van der Waals surface area contributed by atoms with E-state index < -0.39 is 0 Å². The highest BCUT2D eigenvalue weighted by Gasteiger charge is 2.24. The summed E-state index contributed by atoms with van der Waals surface area (Å²) in [6.45, 7) is 7.71. The molecule has 5 nitrogen and oxygen atoms in total. The molecular weight excluding hydrogens is 364 g/mol. The first kappa shape index (κ1) is 20.4. The summed E-state index contributed by atoms with van der Waals surface area (Å²) in [5, 5.41) is 15.3. The van der Waals surface area contributed by atoms with Crippen molar-refractivity contribution in [2.45, 2.75) is 34.1 Å². The first-order chi connectivity index (χ1) is 13.9. The van der Waals surface area contributed by atoms with Gasteiger partial charge in [-0.3, -0.25) is 4.79 Å². The Morgan fingerprint density at radius 1 is 1.03 bits per heavy atom. The van der Waals surface area contributed by atoms with Crippen molar-refractivity contribution < 1.29 is 14.3 Å². The predicted molar refractivity (Wildman–Crippen MR) is 114 cm³/mol. The lowest BCUT2D eigenvalue weighted by Crippen LogP contribution is -2.37. The van der Waals surface area contributed by atoms with E-state index in [4.69, 9.17) is 4.74 Å². The maximum absolute atomic E-state index is 13.1. The smallest absolute Gasteiger partial charge is 0.265 e. The summed E-state index contributed by atoms with van der Waals surface area (Å²) in [5.41, 5.74) is 5.02. The summed E-state index contributed by atoms with van der Waals surface area (Å²) in [5.74, 6) is 0.0707. The number of carbonyl (C=O) groups is 1. The van der Waals surface area contributed by atoms with Gasteiger partial charge < -0.3 is 15.3 Å². The maximum Gasteiger partial charge on any atom is 0.265 e. The van der Waals surface area contributed by atoms with Gasteiger partial charge in [-0.1, -0.05) is 42.5 Å². The fraction of sp³-hybridized carbons (Fsp3) is 0.250.